The van der Waals surface area contributed by atoms with Crippen LogP contribution in [-0.2, 0) is 4.74 Å². The van der Waals surface area contributed by atoms with Crippen LogP contribution in [-0.4, -0.2) is 31.2 Å². The molecule has 0 radical (unpaired) electrons. The molecule has 1 heterocycles. The lowest BCUT2D eigenvalue weighted by Gasteiger charge is -2.29. The lowest BCUT2D eigenvalue weighted by molar-refractivity contribution is 0.0537. The van der Waals surface area contributed by atoms with Crippen molar-refractivity contribution >= 4 is 0 Å². The van der Waals surface area contributed by atoms with Crippen LogP contribution in [0.5, 0.6) is 0 Å². The molecule has 0 amide bonds. The minimum atomic E-state index is 0.850. The van der Waals surface area contributed by atoms with Gasteiger partial charge in [0.05, 0.1) is 13.2 Å². The van der Waals surface area contributed by atoms with Crippen LogP contribution in [0, 0.1) is 0 Å². The molecule has 0 aromatic heterocycles. The maximum atomic E-state index is 5.23. The molecule has 0 saturated carbocycles. The summed E-state index contributed by atoms with van der Waals surface area (Å²) in [5.41, 5.74) is 1.28. The molecule has 2 heteroatoms. The van der Waals surface area contributed by atoms with Crippen LogP contribution in [0.2, 0.25) is 0 Å². The third kappa shape index (κ3) is 2.39. The molecule has 0 spiro atoms. The van der Waals surface area contributed by atoms with Crippen molar-refractivity contribution < 1.29 is 4.74 Å². The van der Waals surface area contributed by atoms with E-state index in [-0.39, 0.29) is 0 Å². The van der Waals surface area contributed by atoms with Gasteiger partial charge in [0, 0.05) is 18.8 Å². The Bertz CT molecular complexity index is 157. The summed E-state index contributed by atoms with van der Waals surface area (Å²) in [7, 11) is 0. The molecule has 1 rings (SSSR count). The van der Waals surface area contributed by atoms with Crippen molar-refractivity contribution in [2.75, 3.05) is 26.3 Å². The van der Waals surface area contributed by atoms with Gasteiger partial charge in [-0.15, -0.1) is 0 Å². The number of allylic oxidation sites excluding steroid dienone is 3. The van der Waals surface area contributed by atoms with Gasteiger partial charge in [-0.3, -0.25) is 0 Å². The second kappa shape index (κ2) is 4.19. The minimum Gasteiger partial charge on any atom is -0.378 e. The largest absolute Gasteiger partial charge is 0.378 e. The fourth-order valence-corrected chi connectivity index (χ4v) is 1.19. The van der Waals surface area contributed by atoms with E-state index in [4.69, 9.17) is 4.74 Å². The predicted molar refractivity (Wildman–Crippen MR) is 46.3 cm³/mol. The summed E-state index contributed by atoms with van der Waals surface area (Å²) in [6, 6.07) is 0. The quantitative estimate of drug-likeness (QED) is 0.556. The Labute approximate surface area is 68.1 Å². The van der Waals surface area contributed by atoms with E-state index in [0.29, 0.717) is 0 Å². The first-order chi connectivity index (χ1) is 5.34. The molecule has 1 aliphatic rings. The monoisotopic (exact) mass is 153 g/mol. The van der Waals surface area contributed by atoms with Crippen molar-refractivity contribution in [3.8, 4) is 0 Å². The fourth-order valence-electron chi connectivity index (χ4n) is 1.19. The average molecular weight is 153 g/mol. The highest BCUT2D eigenvalue weighted by Gasteiger charge is 2.08. The van der Waals surface area contributed by atoms with E-state index in [1.54, 1.807) is 0 Å². The van der Waals surface area contributed by atoms with Gasteiger partial charge in [-0.05, 0) is 13.0 Å². The molecular weight excluding hydrogens is 138 g/mol. The van der Waals surface area contributed by atoms with Crippen LogP contribution in [0.1, 0.15) is 6.92 Å². The number of ether oxygens (including phenoxy) is 1. The average Bonchev–Trinajstić information content (AvgIpc) is 2.07. The molecule has 11 heavy (non-hydrogen) atoms. The summed E-state index contributed by atoms with van der Waals surface area (Å²) in [6.07, 6.45) is 3.86. The van der Waals surface area contributed by atoms with Gasteiger partial charge in [-0.25, -0.2) is 0 Å². The molecule has 0 unspecified atom stereocenters. The van der Waals surface area contributed by atoms with Gasteiger partial charge >= 0.3 is 0 Å². The fraction of sp³-hybridized carbons (Fsp3) is 0.556. The van der Waals surface area contributed by atoms with Gasteiger partial charge < -0.3 is 9.64 Å². The Kier molecular flexibility index (Phi) is 3.17. The zero-order chi connectivity index (χ0) is 8.10. The number of nitrogens with zero attached hydrogens (tertiary/aromatic N) is 1. The summed E-state index contributed by atoms with van der Waals surface area (Å²) in [6.45, 7) is 9.48. The molecule has 0 N–H and O–H groups in total. The lowest BCUT2D eigenvalue weighted by atomic mass is 10.3. The van der Waals surface area contributed by atoms with Crippen LogP contribution in [0.3, 0.4) is 0 Å². The summed E-state index contributed by atoms with van der Waals surface area (Å²) in [5, 5.41) is 0. The molecule has 1 aliphatic heterocycles. The van der Waals surface area contributed by atoms with Gasteiger partial charge in [0.2, 0.25) is 0 Å². The Morgan fingerprint density at radius 3 is 2.64 bits per heavy atom. The number of morpholine rings is 1. The van der Waals surface area contributed by atoms with Crippen LogP contribution in [0.25, 0.3) is 0 Å². The first-order valence-corrected chi connectivity index (χ1v) is 3.96. The molecule has 1 fully saturated rings. The smallest absolute Gasteiger partial charge is 0.0642 e. The molecule has 2 nitrogen and oxygen atoms in total. The summed E-state index contributed by atoms with van der Waals surface area (Å²) < 4.78 is 5.23. The van der Waals surface area contributed by atoms with Gasteiger partial charge in [0.25, 0.3) is 0 Å². The van der Waals surface area contributed by atoms with Crippen molar-refractivity contribution in [1.29, 1.82) is 0 Å². The highest BCUT2D eigenvalue weighted by Crippen LogP contribution is 2.05. The van der Waals surface area contributed by atoms with E-state index in [1.165, 1.54) is 5.70 Å². The SMILES string of the molecule is C=CC=C(C)N1CCOCC1. The molecule has 0 aliphatic carbocycles. The molecular formula is C9H15NO. The van der Waals surface area contributed by atoms with Crippen LogP contribution in [0.4, 0.5) is 0 Å². The van der Waals surface area contributed by atoms with Gasteiger partial charge in [-0.2, -0.15) is 0 Å². The van der Waals surface area contributed by atoms with E-state index in [1.807, 2.05) is 12.2 Å². The third-order valence-electron chi connectivity index (χ3n) is 1.87. The van der Waals surface area contributed by atoms with E-state index in [9.17, 15) is 0 Å². The number of rotatable bonds is 2. The normalized spacial score (nSPS) is 20.1. The number of hydrogen-bond donors (Lipinski definition) is 0. The predicted octanol–water partition coefficient (Wildman–Crippen LogP) is 1.41. The molecule has 0 aromatic rings. The highest BCUT2D eigenvalue weighted by molar-refractivity contribution is 5.07. The van der Waals surface area contributed by atoms with Crippen molar-refractivity contribution in [3.05, 3.63) is 24.4 Å². The first kappa shape index (κ1) is 8.34. The Hall–Kier alpha value is -0.760. The Balaban J connectivity index is 2.44. The van der Waals surface area contributed by atoms with Crippen molar-refractivity contribution in [2.45, 2.75) is 6.92 Å². The van der Waals surface area contributed by atoms with E-state index < -0.39 is 0 Å². The second-order valence-electron chi connectivity index (χ2n) is 2.64. The van der Waals surface area contributed by atoms with Crippen LogP contribution < -0.4 is 0 Å². The highest BCUT2D eigenvalue weighted by atomic mass is 16.5. The van der Waals surface area contributed by atoms with E-state index in [0.717, 1.165) is 26.3 Å². The van der Waals surface area contributed by atoms with Crippen LogP contribution in [0.15, 0.2) is 24.4 Å². The molecule has 62 valence electrons. The molecule has 0 atom stereocenters. The Morgan fingerprint density at radius 2 is 2.09 bits per heavy atom. The zero-order valence-corrected chi connectivity index (χ0v) is 7.05. The van der Waals surface area contributed by atoms with E-state index in [2.05, 4.69) is 18.4 Å². The van der Waals surface area contributed by atoms with Gasteiger partial charge in [0.15, 0.2) is 0 Å². The number of hydrogen-bond acceptors (Lipinski definition) is 2. The van der Waals surface area contributed by atoms with E-state index >= 15 is 0 Å². The minimum absolute atomic E-state index is 0.850. The second-order valence-corrected chi connectivity index (χ2v) is 2.64. The zero-order valence-electron chi connectivity index (χ0n) is 7.05. The molecule has 0 bridgehead atoms. The molecule has 0 aromatic carbocycles. The first-order valence-electron chi connectivity index (χ1n) is 3.96. The van der Waals surface area contributed by atoms with Gasteiger partial charge in [-0.1, -0.05) is 12.7 Å². The Morgan fingerprint density at radius 1 is 1.45 bits per heavy atom. The van der Waals surface area contributed by atoms with Crippen molar-refractivity contribution in [2.24, 2.45) is 0 Å². The summed E-state index contributed by atoms with van der Waals surface area (Å²) in [5.74, 6) is 0. The third-order valence-corrected chi connectivity index (χ3v) is 1.87. The van der Waals surface area contributed by atoms with Crippen LogP contribution >= 0.6 is 0 Å². The summed E-state index contributed by atoms with van der Waals surface area (Å²) >= 11 is 0. The van der Waals surface area contributed by atoms with Gasteiger partial charge in [0.1, 0.15) is 0 Å². The maximum absolute atomic E-state index is 5.23. The topological polar surface area (TPSA) is 12.5 Å². The maximum Gasteiger partial charge on any atom is 0.0642 e. The lowest BCUT2D eigenvalue weighted by Crippen LogP contribution is -2.34. The van der Waals surface area contributed by atoms with Crippen molar-refractivity contribution in [3.63, 3.8) is 0 Å². The standard InChI is InChI=1S/C9H15NO/c1-3-4-9(2)10-5-7-11-8-6-10/h3-4H,1,5-8H2,2H3. The molecule has 1 saturated heterocycles. The summed E-state index contributed by atoms with van der Waals surface area (Å²) in [4.78, 5) is 2.31. The van der Waals surface area contributed by atoms with Crippen molar-refractivity contribution in [1.82, 2.24) is 4.90 Å².